The van der Waals surface area contributed by atoms with Gasteiger partial charge >= 0.3 is 0 Å². The van der Waals surface area contributed by atoms with Gasteiger partial charge in [-0.05, 0) is 112 Å². The van der Waals surface area contributed by atoms with E-state index in [0.717, 1.165) is 30.6 Å². The molecule has 16 heteroatoms. The van der Waals surface area contributed by atoms with Crippen LogP contribution in [0, 0.1) is 37.0 Å². The van der Waals surface area contributed by atoms with Gasteiger partial charge in [-0.2, -0.15) is 5.26 Å². The van der Waals surface area contributed by atoms with Crippen molar-refractivity contribution in [2.45, 2.75) is 103 Å². The first-order chi connectivity index (χ1) is 32.7. The lowest BCUT2D eigenvalue weighted by molar-refractivity contribution is -0.142. The first-order valence-electron chi connectivity index (χ1n) is 23.5. The molecule has 360 valence electrons. The highest BCUT2D eigenvalue weighted by molar-refractivity contribution is 6.01. The number of carbonyl (C=O) groups excluding carboxylic acids is 5. The van der Waals surface area contributed by atoms with E-state index in [0.29, 0.717) is 56.5 Å². The number of amides is 2. The number of Topliss-reactive ketones (excluding diaryl/α,β-unsaturated/α-hetero) is 3. The van der Waals surface area contributed by atoms with Crippen LogP contribution in [-0.2, 0) is 25.6 Å². The minimum Gasteiger partial charge on any atom is -0.492 e. The first kappa shape index (κ1) is 50.9. The number of nitrogens with zero attached hydrogens (tertiary/aromatic N) is 4. The normalized spacial score (nSPS) is 18.0. The quantitative estimate of drug-likeness (QED) is 0.0780. The van der Waals surface area contributed by atoms with Crippen molar-refractivity contribution in [1.29, 1.82) is 5.26 Å². The summed E-state index contributed by atoms with van der Waals surface area (Å²) in [6.45, 7) is 8.02. The van der Waals surface area contributed by atoms with Crippen molar-refractivity contribution in [2.75, 3.05) is 39.9 Å². The topological polar surface area (TPSA) is 256 Å². The molecule has 0 saturated heterocycles. The largest absolute Gasteiger partial charge is 0.492 e. The number of hydrogen-bond donors (Lipinski definition) is 4. The van der Waals surface area contributed by atoms with E-state index < -0.39 is 41.5 Å². The molecule has 1 aromatic heterocycles. The maximum absolute atomic E-state index is 14.8. The number of aromatic nitrogens is 2. The summed E-state index contributed by atoms with van der Waals surface area (Å²) in [4.78, 5) is 82.0. The number of carbonyl (C=O) groups is 5. The number of aryl methyl sites for hydroxylation is 2. The number of ketones is 3. The molecular formula is C52H64N8O8. The molecule has 1 saturated carbocycles. The predicted octanol–water partition coefficient (Wildman–Crippen LogP) is 5.67. The number of nitrogens with two attached hydrogens (primary N) is 3. The number of benzene rings is 3. The summed E-state index contributed by atoms with van der Waals surface area (Å²) in [7, 11) is 1.50. The number of fused-ring (bicyclic) bond motifs is 5. The molecular weight excluding hydrogens is 865 g/mol. The molecule has 2 heterocycles. The van der Waals surface area contributed by atoms with Crippen molar-refractivity contribution in [3.8, 4) is 45.8 Å². The number of rotatable bonds is 20. The first-order valence-corrected chi connectivity index (χ1v) is 23.5. The molecule has 1 aliphatic heterocycles. The van der Waals surface area contributed by atoms with E-state index in [2.05, 4.69) is 12.2 Å². The second-order valence-corrected chi connectivity index (χ2v) is 17.8. The highest BCUT2D eigenvalue weighted by atomic mass is 16.5. The van der Waals surface area contributed by atoms with Gasteiger partial charge in [-0.3, -0.25) is 24.0 Å². The molecule has 3 aromatic carbocycles. The number of nitrogens with one attached hydrogen (secondary N) is 1. The van der Waals surface area contributed by atoms with E-state index in [9.17, 15) is 29.2 Å². The van der Waals surface area contributed by atoms with Gasteiger partial charge in [0.2, 0.25) is 11.8 Å². The fraction of sp³-hybridized carbons (Fsp3) is 0.462. The Balaban J connectivity index is 1.36. The van der Waals surface area contributed by atoms with Crippen molar-refractivity contribution in [1.82, 2.24) is 20.2 Å². The van der Waals surface area contributed by atoms with Crippen molar-refractivity contribution in [2.24, 2.45) is 29.0 Å². The Morgan fingerprint density at radius 1 is 0.897 bits per heavy atom. The summed E-state index contributed by atoms with van der Waals surface area (Å²) >= 11 is 0. The van der Waals surface area contributed by atoms with Crippen LogP contribution in [0.3, 0.4) is 0 Å². The van der Waals surface area contributed by atoms with Crippen molar-refractivity contribution >= 4 is 29.2 Å². The molecule has 4 aromatic rings. The third-order valence-corrected chi connectivity index (χ3v) is 12.8. The summed E-state index contributed by atoms with van der Waals surface area (Å²) in [6.07, 6.45) is 2.59. The highest BCUT2D eigenvalue weighted by Crippen LogP contribution is 2.44. The van der Waals surface area contributed by atoms with Crippen molar-refractivity contribution in [3.05, 3.63) is 88.7 Å². The van der Waals surface area contributed by atoms with Crippen LogP contribution in [0.2, 0.25) is 0 Å². The van der Waals surface area contributed by atoms with Gasteiger partial charge in [0.15, 0.2) is 23.2 Å². The summed E-state index contributed by atoms with van der Waals surface area (Å²) in [6, 6.07) is 17.8. The Bertz CT molecular complexity index is 2510. The van der Waals surface area contributed by atoms with Gasteiger partial charge in [0.1, 0.15) is 42.1 Å². The smallest absolute Gasteiger partial charge is 0.226 e. The minimum atomic E-state index is -1.25. The van der Waals surface area contributed by atoms with Gasteiger partial charge in [0.05, 0.1) is 29.1 Å². The van der Waals surface area contributed by atoms with Crippen LogP contribution < -0.4 is 36.7 Å². The molecule has 0 unspecified atom stereocenters. The maximum Gasteiger partial charge on any atom is 0.226 e. The van der Waals surface area contributed by atoms with Crippen LogP contribution in [0.15, 0.2) is 60.7 Å². The summed E-state index contributed by atoms with van der Waals surface area (Å²) in [5.41, 5.74) is 21.9. The van der Waals surface area contributed by atoms with Crippen LogP contribution >= 0.6 is 0 Å². The fourth-order valence-electron chi connectivity index (χ4n) is 8.81. The second kappa shape index (κ2) is 23.0. The standard InChI is InChI=1S/C52H64N8O8/c1-6-52(18-19-52)68-38-13-10-35(11-14-38)49-57-32(3)47(33(4)58-49)43(62)30-37(17-21-54)51(65)60(5)48-36-12-16-46(67-25-23-56)40(29-36)39-27-34(9-15-45(39)66-24-22-55)28-41(42(61)8-7-20-53)59-50(64)31(2)26-44(48)63/h9-16,27,29,31,37,41,48H,6-8,17-19,21-26,28,30,54-56H2,1-5H3,(H,59,64)/t31-,37-,41+,48+/m1/s1. The zero-order chi connectivity index (χ0) is 49.1. The molecule has 1 aliphatic carbocycles. The molecule has 2 amide bonds. The second-order valence-electron chi connectivity index (χ2n) is 17.8. The Morgan fingerprint density at radius 2 is 1.53 bits per heavy atom. The highest BCUT2D eigenvalue weighted by Gasteiger charge is 2.43. The van der Waals surface area contributed by atoms with Gasteiger partial charge in [-0.25, -0.2) is 9.97 Å². The third-order valence-electron chi connectivity index (χ3n) is 12.8. The zero-order valence-corrected chi connectivity index (χ0v) is 39.8. The maximum atomic E-state index is 14.8. The van der Waals surface area contributed by atoms with Gasteiger partial charge in [0, 0.05) is 74.3 Å². The fourth-order valence-corrected chi connectivity index (χ4v) is 8.81. The molecule has 4 atom stereocenters. The number of likely N-dealkylation sites (N-methyl/N-ethyl adjacent to an activating group) is 1. The van der Waals surface area contributed by atoms with E-state index in [1.54, 1.807) is 51.1 Å². The van der Waals surface area contributed by atoms with E-state index in [-0.39, 0.29) is 88.5 Å². The van der Waals surface area contributed by atoms with E-state index >= 15 is 0 Å². The van der Waals surface area contributed by atoms with Crippen LogP contribution in [0.4, 0.5) is 0 Å². The van der Waals surface area contributed by atoms with E-state index in [1.165, 1.54) is 11.9 Å². The van der Waals surface area contributed by atoms with Crippen molar-refractivity contribution in [3.63, 3.8) is 0 Å². The van der Waals surface area contributed by atoms with Crippen LogP contribution in [0.5, 0.6) is 17.2 Å². The monoisotopic (exact) mass is 928 g/mol. The molecule has 0 spiro atoms. The van der Waals surface area contributed by atoms with Gasteiger partial charge in [-0.1, -0.05) is 26.0 Å². The SMILES string of the molecule is CCC1(Oc2ccc(-c3nc(C)c(C(=O)C[C@@H](CCN)C(=O)N(C)[C@@H]4C(=O)C[C@@H](C)C(=O)N[C@H](C(=O)CCC#N)Cc5ccc(OCCN)c(c5)-c5cc4ccc5OCCN)c(C)n3)cc2)CC1. The molecule has 7 N–H and O–H groups in total. The zero-order valence-electron chi connectivity index (χ0n) is 39.8. The van der Waals surface area contributed by atoms with Gasteiger partial charge in [-0.15, -0.1) is 0 Å². The molecule has 16 nitrogen and oxygen atoms in total. The van der Waals surface area contributed by atoms with E-state index in [1.807, 2.05) is 36.4 Å². The summed E-state index contributed by atoms with van der Waals surface area (Å²) in [5.74, 6) is -1.98. The number of nitriles is 1. The Labute approximate surface area is 398 Å². The lowest BCUT2D eigenvalue weighted by Crippen LogP contribution is -2.46. The lowest BCUT2D eigenvalue weighted by atomic mass is 9.88. The average molecular weight is 929 g/mol. The molecule has 4 bridgehead atoms. The van der Waals surface area contributed by atoms with Crippen LogP contribution in [0.1, 0.15) is 104 Å². The Kier molecular flexibility index (Phi) is 17.2. The molecule has 2 aliphatic rings. The summed E-state index contributed by atoms with van der Waals surface area (Å²) < 4.78 is 18.5. The number of ether oxygens (including phenoxy) is 3. The Hall–Kier alpha value is -6.54. The van der Waals surface area contributed by atoms with Crippen molar-refractivity contribution < 1.29 is 38.2 Å². The predicted molar refractivity (Wildman–Crippen MR) is 257 cm³/mol. The summed E-state index contributed by atoms with van der Waals surface area (Å²) in [5, 5.41) is 12.1. The van der Waals surface area contributed by atoms with Crippen LogP contribution in [0.25, 0.3) is 22.5 Å². The minimum absolute atomic E-state index is 0.0336. The van der Waals surface area contributed by atoms with Gasteiger partial charge < -0.3 is 41.6 Å². The lowest BCUT2D eigenvalue weighted by Gasteiger charge is -2.32. The molecule has 0 radical (unpaired) electrons. The average Bonchev–Trinajstić information content (AvgIpc) is 4.10. The Morgan fingerprint density at radius 3 is 2.12 bits per heavy atom. The van der Waals surface area contributed by atoms with Gasteiger partial charge in [0.25, 0.3) is 0 Å². The molecule has 68 heavy (non-hydrogen) atoms. The molecule has 6 rings (SSSR count). The van der Waals surface area contributed by atoms with Crippen LogP contribution in [-0.4, -0.2) is 95.6 Å². The third kappa shape index (κ3) is 12.1. The van der Waals surface area contributed by atoms with E-state index in [4.69, 9.17) is 41.4 Å². The number of hydrogen-bond acceptors (Lipinski definition) is 14. The molecule has 1 fully saturated rings.